The van der Waals surface area contributed by atoms with E-state index in [1.54, 1.807) is 12.3 Å². The van der Waals surface area contributed by atoms with Crippen LogP contribution in [-0.4, -0.2) is 19.9 Å². The van der Waals surface area contributed by atoms with Crippen LogP contribution in [0.2, 0.25) is 0 Å². The predicted molar refractivity (Wildman–Crippen MR) is 65.3 cm³/mol. The third-order valence-corrected chi connectivity index (χ3v) is 3.01. The highest BCUT2D eigenvalue weighted by Crippen LogP contribution is 2.25. The molecule has 0 N–H and O–H groups in total. The topological polar surface area (TPSA) is 73.8 Å². The van der Waals surface area contributed by atoms with Crippen LogP contribution in [0.15, 0.2) is 28.9 Å². The van der Waals surface area contributed by atoms with Crippen LogP contribution in [-0.2, 0) is 5.88 Å². The fourth-order valence-electron chi connectivity index (χ4n) is 1.27. The summed E-state index contributed by atoms with van der Waals surface area (Å²) in [5.74, 6) is 0.243. The fraction of sp³-hybridized carbons (Fsp3) is 0.111. The number of non-ortho nitro benzene ring substituents is 1. The van der Waals surface area contributed by atoms with Crippen molar-refractivity contribution in [2.75, 3.05) is 0 Å². The van der Waals surface area contributed by atoms with Gasteiger partial charge in [0.15, 0.2) is 0 Å². The van der Waals surface area contributed by atoms with Crippen LogP contribution in [0.3, 0.4) is 0 Å². The van der Waals surface area contributed by atoms with E-state index in [-0.39, 0.29) is 11.6 Å². The zero-order valence-electron chi connectivity index (χ0n) is 8.38. The van der Waals surface area contributed by atoms with Crippen molar-refractivity contribution in [3.63, 3.8) is 0 Å². The van der Waals surface area contributed by atoms with Gasteiger partial charge < -0.3 is 0 Å². The molecule has 0 saturated heterocycles. The predicted octanol–water partition coefficient (Wildman–Crippen LogP) is 2.68. The second-order valence-corrected chi connectivity index (χ2v) is 4.30. The molecule has 1 aromatic heterocycles. The van der Waals surface area contributed by atoms with Crippen molar-refractivity contribution < 1.29 is 4.92 Å². The molecule has 6 nitrogen and oxygen atoms in total. The number of aromatic nitrogens is 3. The Morgan fingerprint density at radius 1 is 1.53 bits per heavy atom. The lowest BCUT2D eigenvalue weighted by atomic mass is 10.3. The molecule has 0 saturated carbocycles. The average molecular weight is 318 g/mol. The lowest BCUT2D eigenvalue weighted by Gasteiger charge is -2.02. The van der Waals surface area contributed by atoms with Crippen molar-refractivity contribution in [2.24, 2.45) is 0 Å². The van der Waals surface area contributed by atoms with Gasteiger partial charge in [0.05, 0.1) is 28.4 Å². The van der Waals surface area contributed by atoms with Crippen LogP contribution in [0, 0.1) is 10.1 Å². The maximum absolute atomic E-state index is 10.7. The van der Waals surface area contributed by atoms with Gasteiger partial charge in [0, 0.05) is 16.6 Å². The van der Waals surface area contributed by atoms with E-state index in [0.717, 1.165) is 0 Å². The minimum Gasteiger partial charge on any atom is -0.258 e. The lowest BCUT2D eigenvalue weighted by molar-refractivity contribution is -0.384. The number of nitro benzene ring substituents is 1. The van der Waals surface area contributed by atoms with Crippen LogP contribution in [0.25, 0.3) is 5.69 Å². The van der Waals surface area contributed by atoms with E-state index in [4.69, 9.17) is 11.6 Å². The summed E-state index contributed by atoms with van der Waals surface area (Å²) in [6.07, 6.45) is 1.62. The molecule has 0 amide bonds. The molecule has 1 aromatic carbocycles. The van der Waals surface area contributed by atoms with Gasteiger partial charge in [-0.2, -0.15) is 0 Å². The van der Waals surface area contributed by atoms with Gasteiger partial charge in [0.1, 0.15) is 0 Å². The van der Waals surface area contributed by atoms with Crippen molar-refractivity contribution in [3.05, 3.63) is 44.7 Å². The molecule has 0 aliphatic carbocycles. The Kier molecular flexibility index (Phi) is 3.39. The van der Waals surface area contributed by atoms with E-state index >= 15 is 0 Å². The lowest BCUT2D eigenvalue weighted by Crippen LogP contribution is -1.98. The van der Waals surface area contributed by atoms with Crippen LogP contribution < -0.4 is 0 Å². The summed E-state index contributed by atoms with van der Waals surface area (Å²) in [6.45, 7) is 0. The number of alkyl halides is 1. The van der Waals surface area contributed by atoms with Crippen LogP contribution in [0.5, 0.6) is 0 Å². The SMILES string of the molecule is O=[N+]([O-])c1ccc(Br)c(-n2cc(CCl)nn2)c1. The first-order chi connectivity index (χ1) is 8.11. The summed E-state index contributed by atoms with van der Waals surface area (Å²) in [5.41, 5.74) is 1.14. The van der Waals surface area contributed by atoms with E-state index in [2.05, 4.69) is 26.2 Å². The normalized spacial score (nSPS) is 10.5. The van der Waals surface area contributed by atoms with Crippen molar-refractivity contribution in [2.45, 2.75) is 5.88 Å². The maximum Gasteiger partial charge on any atom is 0.271 e. The van der Waals surface area contributed by atoms with E-state index in [1.165, 1.54) is 16.8 Å². The van der Waals surface area contributed by atoms with Crippen molar-refractivity contribution in [3.8, 4) is 5.69 Å². The maximum atomic E-state index is 10.7. The largest absolute Gasteiger partial charge is 0.271 e. The highest BCUT2D eigenvalue weighted by molar-refractivity contribution is 9.10. The van der Waals surface area contributed by atoms with E-state index < -0.39 is 4.92 Å². The zero-order chi connectivity index (χ0) is 12.4. The van der Waals surface area contributed by atoms with Gasteiger partial charge in [-0.05, 0) is 22.0 Å². The molecule has 0 radical (unpaired) electrons. The third-order valence-electron chi connectivity index (χ3n) is 2.07. The van der Waals surface area contributed by atoms with Crippen molar-refractivity contribution in [1.82, 2.24) is 15.0 Å². The first-order valence-corrected chi connectivity index (χ1v) is 5.86. The number of nitro groups is 1. The average Bonchev–Trinajstić information content (AvgIpc) is 2.77. The zero-order valence-corrected chi connectivity index (χ0v) is 10.7. The minimum atomic E-state index is -0.463. The Labute approximate surface area is 109 Å². The summed E-state index contributed by atoms with van der Waals surface area (Å²) in [7, 11) is 0. The second-order valence-electron chi connectivity index (χ2n) is 3.18. The van der Waals surface area contributed by atoms with Gasteiger partial charge >= 0.3 is 0 Å². The first-order valence-electron chi connectivity index (χ1n) is 4.53. The molecule has 0 bridgehead atoms. The van der Waals surface area contributed by atoms with Crippen LogP contribution in [0.1, 0.15) is 5.69 Å². The monoisotopic (exact) mass is 316 g/mol. The van der Waals surface area contributed by atoms with E-state index in [9.17, 15) is 10.1 Å². The molecule has 1 heterocycles. The van der Waals surface area contributed by atoms with Gasteiger partial charge in [0.25, 0.3) is 5.69 Å². The molecule has 0 spiro atoms. The van der Waals surface area contributed by atoms with Gasteiger partial charge in [-0.15, -0.1) is 16.7 Å². The van der Waals surface area contributed by atoms with Gasteiger partial charge in [0.2, 0.25) is 0 Å². The van der Waals surface area contributed by atoms with Gasteiger partial charge in [-0.1, -0.05) is 5.21 Å². The molecule has 0 unspecified atom stereocenters. The number of hydrogen-bond acceptors (Lipinski definition) is 4. The smallest absolute Gasteiger partial charge is 0.258 e. The Hall–Kier alpha value is -1.47. The molecule has 2 aromatic rings. The Morgan fingerprint density at radius 3 is 2.88 bits per heavy atom. The number of halogens is 2. The van der Waals surface area contributed by atoms with E-state index in [0.29, 0.717) is 15.9 Å². The summed E-state index contributed by atoms with van der Waals surface area (Å²) >= 11 is 8.92. The Bertz CT molecular complexity index is 572. The molecule has 0 atom stereocenters. The van der Waals surface area contributed by atoms with Crippen molar-refractivity contribution >= 4 is 33.2 Å². The molecule has 2 rings (SSSR count). The minimum absolute atomic E-state index is 0.00822. The quantitative estimate of drug-likeness (QED) is 0.495. The standard InChI is InChI=1S/C9H6BrClN4O2/c10-8-2-1-7(15(16)17)3-9(8)14-5-6(4-11)12-13-14/h1-3,5H,4H2. The molecule has 0 aliphatic rings. The molecule has 17 heavy (non-hydrogen) atoms. The summed E-state index contributed by atoms with van der Waals surface area (Å²) in [6, 6.07) is 4.42. The van der Waals surface area contributed by atoms with Crippen LogP contribution in [0.4, 0.5) is 5.69 Å². The number of benzene rings is 1. The van der Waals surface area contributed by atoms with Gasteiger partial charge in [-0.3, -0.25) is 10.1 Å². The number of hydrogen-bond donors (Lipinski definition) is 0. The van der Waals surface area contributed by atoms with Crippen molar-refractivity contribution in [1.29, 1.82) is 0 Å². The highest BCUT2D eigenvalue weighted by atomic mass is 79.9. The third kappa shape index (κ3) is 2.45. The number of nitrogens with zero attached hydrogens (tertiary/aromatic N) is 4. The van der Waals surface area contributed by atoms with Crippen LogP contribution >= 0.6 is 27.5 Å². The second kappa shape index (κ2) is 4.80. The molecular weight excluding hydrogens is 311 g/mol. The molecule has 88 valence electrons. The number of rotatable bonds is 3. The highest BCUT2D eigenvalue weighted by Gasteiger charge is 2.12. The van der Waals surface area contributed by atoms with E-state index in [1.807, 2.05) is 0 Å². The molecular formula is C9H6BrClN4O2. The molecule has 0 fully saturated rings. The molecule has 0 aliphatic heterocycles. The van der Waals surface area contributed by atoms with Gasteiger partial charge in [-0.25, -0.2) is 4.68 Å². The first kappa shape index (κ1) is 12.0. The summed E-state index contributed by atoms with van der Waals surface area (Å²) in [5, 5.41) is 18.3. The Balaban J connectivity index is 2.49. The summed E-state index contributed by atoms with van der Waals surface area (Å²) in [4.78, 5) is 10.2. The fourth-order valence-corrected chi connectivity index (χ4v) is 1.82. The summed E-state index contributed by atoms with van der Waals surface area (Å²) < 4.78 is 2.13. The molecule has 8 heteroatoms. The Morgan fingerprint density at radius 2 is 2.29 bits per heavy atom.